The Labute approximate surface area is 77.0 Å². The molecule has 4 nitrogen and oxygen atoms in total. The molecular formula is C7H21N3OSi. The van der Waals surface area contributed by atoms with E-state index < -0.39 is 9.36 Å². The van der Waals surface area contributed by atoms with E-state index in [1.807, 2.05) is 14.1 Å². The fourth-order valence-corrected chi connectivity index (χ4v) is 1.84. The molecule has 0 saturated carbocycles. The van der Waals surface area contributed by atoms with Crippen LogP contribution in [0.1, 0.15) is 13.3 Å². The average Bonchev–Trinajstić information content (AvgIpc) is 2.11. The van der Waals surface area contributed by atoms with Crippen LogP contribution in [-0.4, -0.2) is 43.2 Å². The van der Waals surface area contributed by atoms with Crippen LogP contribution in [0.2, 0.25) is 0 Å². The average molecular weight is 191 g/mol. The zero-order valence-corrected chi connectivity index (χ0v) is 9.47. The largest absolute Gasteiger partial charge is 0.393 e. The summed E-state index contributed by atoms with van der Waals surface area (Å²) < 4.78 is 5.54. The number of rotatable bonds is 8. The SMILES string of the molecule is CCCNCCO[SiH](NC)NC. The lowest BCUT2D eigenvalue weighted by Crippen LogP contribution is -2.47. The van der Waals surface area contributed by atoms with Gasteiger partial charge in [0.15, 0.2) is 0 Å². The molecule has 0 aliphatic heterocycles. The van der Waals surface area contributed by atoms with E-state index in [-0.39, 0.29) is 0 Å². The molecule has 0 aromatic heterocycles. The molecule has 0 heterocycles. The molecule has 0 amide bonds. The van der Waals surface area contributed by atoms with Gasteiger partial charge >= 0.3 is 9.36 Å². The van der Waals surface area contributed by atoms with E-state index in [9.17, 15) is 0 Å². The van der Waals surface area contributed by atoms with Crippen molar-refractivity contribution in [2.75, 3.05) is 33.8 Å². The van der Waals surface area contributed by atoms with E-state index in [0.29, 0.717) is 0 Å². The Balaban J connectivity index is 3.06. The van der Waals surface area contributed by atoms with Gasteiger partial charge in [-0.25, -0.2) is 0 Å². The molecule has 0 atom stereocenters. The highest BCUT2D eigenvalue weighted by atomic mass is 28.3. The van der Waals surface area contributed by atoms with Crippen molar-refractivity contribution in [3.8, 4) is 0 Å². The van der Waals surface area contributed by atoms with Crippen LogP contribution in [0, 0.1) is 0 Å². The molecule has 12 heavy (non-hydrogen) atoms. The standard InChI is InChI=1S/C7H21N3OSi/c1-4-5-10-6-7-11-12(8-2)9-3/h8-10,12H,4-7H2,1-3H3. The fraction of sp³-hybridized carbons (Fsp3) is 1.00. The summed E-state index contributed by atoms with van der Waals surface area (Å²) >= 11 is 0. The molecule has 0 aromatic rings. The molecule has 0 saturated heterocycles. The highest BCUT2D eigenvalue weighted by Crippen LogP contribution is 1.75. The Morgan fingerprint density at radius 2 is 1.83 bits per heavy atom. The molecule has 0 aromatic carbocycles. The summed E-state index contributed by atoms with van der Waals surface area (Å²) in [6.07, 6.45) is 1.18. The maximum Gasteiger partial charge on any atom is 0.334 e. The Morgan fingerprint density at radius 3 is 2.33 bits per heavy atom. The van der Waals surface area contributed by atoms with Crippen molar-refractivity contribution >= 4 is 9.36 Å². The van der Waals surface area contributed by atoms with Crippen LogP contribution in [0.3, 0.4) is 0 Å². The summed E-state index contributed by atoms with van der Waals surface area (Å²) in [5.41, 5.74) is 0. The normalized spacial score (nSPS) is 11.0. The first-order chi connectivity index (χ1) is 5.85. The molecule has 74 valence electrons. The molecule has 0 fully saturated rings. The van der Waals surface area contributed by atoms with Crippen LogP contribution in [0.25, 0.3) is 0 Å². The van der Waals surface area contributed by atoms with Crippen molar-refractivity contribution in [3.05, 3.63) is 0 Å². The van der Waals surface area contributed by atoms with E-state index in [1.54, 1.807) is 0 Å². The fourth-order valence-electron chi connectivity index (χ4n) is 0.862. The van der Waals surface area contributed by atoms with Crippen molar-refractivity contribution in [2.45, 2.75) is 13.3 Å². The van der Waals surface area contributed by atoms with Crippen molar-refractivity contribution in [3.63, 3.8) is 0 Å². The van der Waals surface area contributed by atoms with Crippen molar-refractivity contribution < 1.29 is 4.43 Å². The zero-order chi connectivity index (χ0) is 9.23. The Hall–Kier alpha value is 0.0569. The third kappa shape index (κ3) is 6.75. The number of hydrogen-bond donors (Lipinski definition) is 3. The van der Waals surface area contributed by atoms with E-state index in [4.69, 9.17) is 4.43 Å². The van der Waals surface area contributed by atoms with Crippen molar-refractivity contribution in [2.24, 2.45) is 0 Å². The first kappa shape index (κ1) is 12.1. The van der Waals surface area contributed by atoms with Crippen LogP contribution in [0.15, 0.2) is 0 Å². The van der Waals surface area contributed by atoms with E-state index in [2.05, 4.69) is 22.2 Å². The van der Waals surface area contributed by atoms with Gasteiger partial charge in [-0.3, -0.25) is 0 Å². The van der Waals surface area contributed by atoms with Crippen LogP contribution in [0.4, 0.5) is 0 Å². The minimum atomic E-state index is -1.28. The molecule has 0 aliphatic carbocycles. The van der Waals surface area contributed by atoms with Crippen LogP contribution in [-0.2, 0) is 4.43 Å². The maximum absolute atomic E-state index is 5.54. The molecular weight excluding hydrogens is 170 g/mol. The summed E-state index contributed by atoms with van der Waals surface area (Å²) in [4.78, 5) is 6.24. The van der Waals surface area contributed by atoms with Gasteiger partial charge in [-0.05, 0) is 27.1 Å². The van der Waals surface area contributed by atoms with Gasteiger partial charge in [-0.15, -0.1) is 0 Å². The van der Waals surface area contributed by atoms with Gasteiger partial charge in [-0.1, -0.05) is 6.92 Å². The third-order valence-corrected chi connectivity index (χ3v) is 3.13. The lowest BCUT2D eigenvalue weighted by Gasteiger charge is -2.13. The van der Waals surface area contributed by atoms with Gasteiger partial charge in [0.1, 0.15) is 0 Å². The first-order valence-electron chi connectivity index (χ1n) is 4.52. The molecule has 0 unspecified atom stereocenters. The van der Waals surface area contributed by atoms with Crippen LogP contribution >= 0.6 is 0 Å². The molecule has 0 rings (SSSR count). The Morgan fingerprint density at radius 1 is 1.17 bits per heavy atom. The summed E-state index contributed by atoms with van der Waals surface area (Å²) in [5.74, 6) is 0. The number of nitrogens with one attached hydrogen (secondary N) is 3. The van der Waals surface area contributed by atoms with Gasteiger partial charge in [-0.2, -0.15) is 0 Å². The highest BCUT2D eigenvalue weighted by molar-refractivity contribution is 6.45. The molecule has 0 aliphatic rings. The molecule has 0 bridgehead atoms. The predicted octanol–water partition coefficient (Wildman–Crippen LogP) is -0.841. The predicted molar refractivity (Wildman–Crippen MR) is 54.4 cm³/mol. The minimum absolute atomic E-state index is 0.790. The summed E-state index contributed by atoms with van der Waals surface area (Å²) in [7, 11) is 2.56. The second kappa shape index (κ2) is 9.15. The van der Waals surface area contributed by atoms with Gasteiger partial charge in [0.25, 0.3) is 0 Å². The van der Waals surface area contributed by atoms with Gasteiger partial charge in [0.2, 0.25) is 0 Å². The highest BCUT2D eigenvalue weighted by Gasteiger charge is 2.03. The second-order valence-corrected chi connectivity index (χ2v) is 4.83. The first-order valence-corrected chi connectivity index (χ1v) is 6.14. The maximum atomic E-state index is 5.54. The van der Waals surface area contributed by atoms with E-state index >= 15 is 0 Å². The minimum Gasteiger partial charge on any atom is -0.393 e. The monoisotopic (exact) mass is 191 g/mol. The Kier molecular flexibility index (Phi) is 9.19. The molecule has 0 radical (unpaired) electrons. The zero-order valence-electron chi connectivity index (χ0n) is 8.31. The smallest absolute Gasteiger partial charge is 0.334 e. The second-order valence-electron chi connectivity index (χ2n) is 2.58. The van der Waals surface area contributed by atoms with Crippen LogP contribution in [0.5, 0.6) is 0 Å². The Bertz CT molecular complexity index is 90.7. The van der Waals surface area contributed by atoms with Gasteiger partial charge in [0, 0.05) is 13.2 Å². The van der Waals surface area contributed by atoms with Gasteiger partial charge < -0.3 is 19.7 Å². The summed E-state index contributed by atoms with van der Waals surface area (Å²) in [6.45, 7) is 4.97. The summed E-state index contributed by atoms with van der Waals surface area (Å²) in [6, 6.07) is 0. The van der Waals surface area contributed by atoms with E-state index in [1.165, 1.54) is 6.42 Å². The lowest BCUT2D eigenvalue weighted by atomic mass is 10.5. The summed E-state index contributed by atoms with van der Waals surface area (Å²) in [5, 5.41) is 3.28. The van der Waals surface area contributed by atoms with Gasteiger partial charge in [0.05, 0.1) is 0 Å². The lowest BCUT2D eigenvalue weighted by molar-refractivity contribution is 0.304. The van der Waals surface area contributed by atoms with Crippen molar-refractivity contribution in [1.29, 1.82) is 0 Å². The molecule has 0 spiro atoms. The third-order valence-electron chi connectivity index (χ3n) is 1.51. The quantitative estimate of drug-likeness (QED) is 0.346. The number of hydrogen-bond acceptors (Lipinski definition) is 4. The molecule has 5 heteroatoms. The van der Waals surface area contributed by atoms with Crippen molar-refractivity contribution in [1.82, 2.24) is 15.3 Å². The van der Waals surface area contributed by atoms with E-state index in [0.717, 1.165) is 19.7 Å². The topological polar surface area (TPSA) is 45.3 Å². The van der Waals surface area contributed by atoms with Crippen LogP contribution < -0.4 is 15.3 Å². The molecule has 3 N–H and O–H groups in total.